The second-order valence-electron chi connectivity index (χ2n) is 14.0. The number of aryl methyl sites for hydroxylation is 5. The Morgan fingerprint density at radius 3 is 1.93 bits per heavy atom. The van der Waals surface area contributed by atoms with E-state index in [1.807, 2.05) is 78.6 Å². The van der Waals surface area contributed by atoms with E-state index in [1.165, 1.54) is 61.3 Å². The number of fused-ring (bicyclic) bond motifs is 2. The van der Waals surface area contributed by atoms with Crippen molar-refractivity contribution in [2.45, 2.75) is 34.6 Å². The van der Waals surface area contributed by atoms with Gasteiger partial charge in [0, 0.05) is 43.9 Å². The Kier molecular flexibility index (Phi) is 11.1. The standard InChI is InChI=1S/C37H31BN3.C12H10N.Ir/c1-25-12-10-13-26(2)36(25)38-31-18-8-9-19-34(31)40(37-27(3)14-11-15-28(37)4)35-21-20-29(24-32(35)38)33-22-23-39-41(33)30-16-6-5-7-17-30;1-10-7-8-12(13-9-10)11-5-3-2-4-6-11;/h5-16,18-24H,1-4H3;2-5,7-9H,1H3;/q2*-1;. The summed E-state index contributed by atoms with van der Waals surface area (Å²) in [6.45, 7) is 11.0. The van der Waals surface area contributed by atoms with Crippen LogP contribution in [0.25, 0.3) is 28.2 Å². The van der Waals surface area contributed by atoms with E-state index in [0.717, 1.165) is 28.2 Å². The maximum atomic E-state index is 4.68. The van der Waals surface area contributed by atoms with Crippen molar-refractivity contribution >= 4 is 40.2 Å². The number of aromatic nitrogens is 3. The van der Waals surface area contributed by atoms with Crippen LogP contribution < -0.4 is 21.3 Å². The predicted molar refractivity (Wildman–Crippen MR) is 226 cm³/mol. The van der Waals surface area contributed by atoms with Crippen LogP contribution in [0.5, 0.6) is 0 Å². The van der Waals surface area contributed by atoms with Gasteiger partial charge in [0.25, 0.3) is 0 Å². The molecule has 0 saturated heterocycles. The van der Waals surface area contributed by atoms with Crippen LogP contribution in [0.15, 0.2) is 158 Å². The molecule has 0 saturated carbocycles. The largest absolute Gasteiger partial charge is 0.311 e. The first-order valence-electron chi connectivity index (χ1n) is 18.5. The fraction of sp³-hybridized carbons (Fsp3) is 0.102. The zero-order chi connectivity index (χ0) is 37.2. The van der Waals surface area contributed by atoms with E-state index in [-0.39, 0.29) is 26.8 Å². The molecule has 0 aliphatic carbocycles. The zero-order valence-electron chi connectivity index (χ0n) is 31.7. The maximum absolute atomic E-state index is 4.68. The van der Waals surface area contributed by atoms with Gasteiger partial charge in [-0.2, -0.15) is 29.4 Å². The zero-order valence-corrected chi connectivity index (χ0v) is 34.1. The summed E-state index contributed by atoms with van der Waals surface area (Å²) in [5, 5.41) is 4.68. The van der Waals surface area contributed by atoms with E-state index in [4.69, 9.17) is 0 Å². The molecule has 0 atom stereocenters. The number of nitrogens with zero attached hydrogens (tertiary/aromatic N) is 4. The molecular weight excluding hydrogens is 848 g/mol. The summed E-state index contributed by atoms with van der Waals surface area (Å²) in [6, 6.07) is 57.6. The van der Waals surface area contributed by atoms with E-state index in [1.54, 1.807) is 0 Å². The minimum atomic E-state index is 0. The first-order valence-corrected chi connectivity index (χ1v) is 18.5. The molecular formula is C49H41BIrN4-2. The van der Waals surface area contributed by atoms with Crippen molar-refractivity contribution in [1.82, 2.24) is 14.8 Å². The molecule has 0 fully saturated rings. The van der Waals surface area contributed by atoms with Crippen LogP contribution in [0.4, 0.5) is 17.1 Å². The topological polar surface area (TPSA) is 34.0 Å². The molecule has 4 nitrogen and oxygen atoms in total. The van der Waals surface area contributed by atoms with Gasteiger partial charge in [0.2, 0.25) is 6.71 Å². The molecule has 0 unspecified atom stereocenters. The monoisotopic (exact) mass is 889 g/mol. The molecule has 0 amide bonds. The van der Waals surface area contributed by atoms with E-state index < -0.39 is 0 Å². The van der Waals surface area contributed by atoms with Gasteiger partial charge in [0.1, 0.15) is 0 Å². The Morgan fingerprint density at radius 2 is 1.25 bits per heavy atom. The SMILES string of the molecule is Cc1ccc(-c2[c-]cccc2)nc1.Cc1cccc(C)c1B1c2ccccc2N(c2c(C)cccc2C)c2ccc(-c3ccnn3-c3[c-]cccc3)cc21.[Ir]. The second-order valence-corrected chi connectivity index (χ2v) is 14.0. The molecule has 0 spiro atoms. The van der Waals surface area contributed by atoms with Gasteiger partial charge in [0.05, 0.1) is 11.4 Å². The van der Waals surface area contributed by atoms with Gasteiger partial charge in [-0.25, -0.2) is 0 Å². The quantitative estimate of drug-likeness (QED) is 0.128. The molecule has 8 aromatic rings. The maximum Gasteiger partial charge on any atom is 0.247 e. The van der Waals surface area contributed by atoms with Gasteiger partial charge in [-0.3, -0.25) is 4.68 Å². The predicted octanol–water partition coefficient (Wildman–Crippen LogP) is 9.73. The van der Waals surface area contributed by atoms with Crippen LogP contribution in [0.1, 0.15) is 27.8 Å². The van der Waals surface area contributed by atoms with Crippen molar-refractivity contribution in [3.8, 4) is 28.2 Å². The minimum absolute atomic E-state index is 0. The molecule has 1 aliphatic rings. The fourth-order valence-electron chi connectivity index (χ4n) is 7.78. The summed E-state index contributed by atoms with van der Waals surface area (Å²) in [6.07, 6.45) is 3.74. The minimum Gasteiger partial charge on any atom is -0.311 e. The van der Waals surface area contributed by atoms with Crippen molar-refractivity contribution < 1.29 is 20.1 Å². The van der Waals surface area contributed by atoms with Gasteiger partial charge >= 0.3 is 0 Å². The molecule has 0 bridgehead atoms. The van der Waals surface area contributed by atoms with Gasteiger partial charge in [-0.05, 0) is 97.4 Å². The molecule has 1 radical (unpaired) electrons. The van der Waals surface area contributed by atoms with Gasteiger partial charge in [-0.1, -0.05) is 95.5 Å². The molecule has 9 rings (SSSR count). The van der Waals surface area contributed by atoms with Gasteiger partial charge in [0.15, 0.2) is 0 Å². The van der Waals surface area contributed by atoms with Crippen molar-refractivity contribution in [3.63, 3.8) is 0 Å². The smallest absolute Gasteiger partial charge is 0.247 e. The Hall–Kier alpha value is -5.81. The number of hydrogen-bond donors (Lipinski definition) is 0. The van der Waals surface area contributed by atoms with Crippen LogP contribution in [-0.4, -0.2) is 21.5 Å². The van der Waals surface area contributed by atoms with Crippen LogP contribution in [0, 0.1) is 46.8 Å². The van der Waals surface area contributed by atoms with E-state index in [0.29, 0.717) is 0 Å². The van der Waals surface area contributed by atoms with Crippen LogP contribution in [-0.2, 0) is 20.1 Å². The molecule has 55 heavy (non-hydrogen) atoms. The molecule has 2 aromatic heterocycles. The number of pyridine rings is 1. The number of anilines is 3. The van der Waals surface area contributed by atoms with Crippen LogP contribution in [0.2, 0.25) is 0 Å². The number of rotatable bonds is 5. The number of hydrogen-bond acceptors (Lipinski definition) is 3. The van der Waals surface area contributed by atoms with Crippen molar-refractivity contribution in [2.24, 2.45) is 0 Å². The molecule has 271 valence electrons. The average Bonchev–Trinajstić information content (AvgIpc) is 3.70. The first kappa shape index (κ1) is 37.5. The Labute approximate surface area is 339 Å². The van der Waals surface area contributed by atoms with Gasteiger partial charge < -0.3 is 9.88 Å². The molecule has 3 heterocycles. The Morgan fingerprint density at radius 1 is 0.582 bits per heavy atom. The third-order valence-corrected chi connectivity index (χ3v) is 10.3. The van der Waals surface area contributed by atoms with E-state index >= 15 is 0 Å². The summed E-state index contributed by atoms with van der Waals surface area (Å²) < 4.78 is 1.98. The van der Waals surface area contributed by atoms with Crippen molar-refractivity contribution in [1.29, 1.82) is 0 Å². The summed E-state index contributed by atoms with van der Waals surface area (Å²) >= 11 is 0. The normalized spacial score (nSPS) is 11.5. The molecule has 1 aliphatic heterocycles. The third-order valence-electron chi connectivity index (χ3n) is 10.3. The summed E-state index contributed by atoms with van der Waals surface area (Å²) in [7, 11) is 0. The molecule has 6 heteroatoms. The third kappa shape index (κ3) is 7.36. The summed E-state index contributed by atoms with van der Waals surface area (Å²) in [4.78, 5) is 6.79. The molecule has 0 N–H and O–H groups in total. The average molecular weight is 889 g/mol. The fourth-order valence-corrected chi connectivity index (χ4v) is 7.78. The Bertz CT molecular complexity index is 2520. The molecule has 6 aromatic carbocycles. The van der Waals surface area contributed by atoms with Gasteiger partial charge in [-0.15, -0.1) is 42.0 Å². The van der Waals surface area contributed by atoms with E-state index in [9.17, 15) is 0 Å². The number of benzene rings is 6. The Balaban J connectivity index is 0.000000281. The number of para-hydroxylation sites is 3. The van der Waals surface area contributed by atoms with E-state index in [2.05, 4.69) is 146 Å². The van der Waals surface area contributed by atoms with Crippen molar-refractivity contribution in [3.05, 3.63) is 198 Å². The van der Waals surface area contributed by atoms with Crippen molar-refractivity contribution in [2.75, 3.05) is 4.90 Å². The van der Waals surface area contributed by atoms with Crippen LogP contribution >= 0.6 is 0 Å². The summed E-state index contributed by atoms with van der Waals surface area (Å²) in [5.41, 5.74) is 19.2. The second kappa shape index (κ2) is 16.3. The summed E-state index contributed by atoms with van der Waals surface area (Å²) in [5.74, 6) is 0. The first-order chi connectivity index (χ1) is 26.4. The van der Waals surface area contributed by atoms with Crippen LogP contribution in [0.3, 0.4) is 0 Å².